The Morgan fingerprint density at radius 1 is 1.00 bits per heavy atom. The molecule has 0 saturated carbocycles. The van der Waals surface area contributed by atoms with Crippen LogP contribution in [0.4, 0.5) is 0 Å². The average Bonchev–Trinajstić information content (AvgIpc) is 3.49. The summed E-state index contributed by atoms with van der Waals surface area (Å²) in [5, 5.41) is 5.64. The Morgan fingerprint density at radius 3 is 2.41 bits per heavy atom. The van der Waals surface area contributed by atoms with Crippen molar-refractivity contribution in [3.63, 3.8) is 0 Å². The maximum absolute atomic E-state index is 12.6. The molecule has 1 amide bonds. The molecule has 0 aliphatic carbocycles. The summed E-state index contributed by atoms with van der Waals surface area (Å²) in [5.74, 6) is -0.775. The summed E-state index contributed by atoms with van der Waals surface area (Å²) < 4.78 is 5.42. The van der Waals surface area contributed by atoms with Gasteiger partial charge in [-0.25, -0.2) is 4.98 Å². The van der Waals surface area contributed by atoms with Gasteiger partial charge in [0.05, 0.1) is 17.0 Å². The molecule has 4 rings (SSSR count). The predicted molar refractivity (Wildman–Crippen MR) is 128 cm³/mol. The molecule has 2 aromatic heterocycles. The molecule has 162 valence electrons. The third-order valence-electron chi connectivity index (χ3n) is 4.76. The molecule has 1 atom stereocenters. The van der Waals surface area contributed by atoms with E-state index < -0.39 is 12.1 Å². The van der Waals surface area contributed by atoms with Crippen LogP contribution in [0.15, 0.2) is 78.2 Å². The standard InChI is InChI=1S/C25H22N2O3S2/c1-17(24(29)26-16-18-9-4-2-5-10-18)30-22(28)15-21-23(20-13-8-14-31-20)27-25(32-21)19-11-6-3-7-12-19/h2-14,17H,15-16H2,1H3,(H,26,29). The molecular weight excluding hydrogens is 440 g/mol. The Morgan fingerprint density at radius 2 is 1.72 bits per heavy atom. The molecule has 1 N–H and O–H groups in total. The third kappa shape index (κ3) is 5.49. The van der Waals surface area contributed by atoms with E-state index in [9.17, 15) is 9.59 Å². The van der Waals surface area contributed by atoms with E-state index in [0.717, 1.165) is 31.6 Å². The molecule has 0 fully saturated rings. The molecule has 4 aromatic rings. The van der Waals surface area contributed by atoms with Crippen molar-refractivity contribution in [1.29, 1.82) is 0 Å². The van der Waals surface area contributed by atoms with Gasteiger partial charge in [-0.3, -0.25) is 9.59 Å². The van der Waals surface area contributed by atoms with Crippen LogP contribution in [0, 0.1) is 0 Å². The topological polar surface area (TPSA) is 68.3 Å². The number of rotatable bonds is 8. The molecule has 0 spiro atoms. The number of hydrogen-bond donors (Lipinski definition) is 1. The zero-order valence-electron chi connectivity index (χ0n) is 17.5. The summed E-state index contributed by atoms with van der Waals surface area (Å²) in [6.07, 6.45) is -0.813. The fraction of sp³-hybridized carbons (Fsp3) is 0.160. The van der Waals surface area contributed by atoms with Gasteiger partial charge in [-0.2, -0.15) is 0 Å². The number of amides is 1. The van der Waals surface area contributed by atoms with Gasteiger partial charge in [0.1, 0.15) is 5.01 Å². The van der Waals surface area contributed by atoms with Crippen molar-refractivity contribution in [2.24, 2.45) is 0 Å². The zero-order chi connectivity index (χ0) is 22.3. The summed E-state index contributed by atoms with van der Waals surface area (Å²) in [4.78, 5) is 31.6. The van der Waals surface area contributed by atoms with Crippen molar-refractivity contribution in [3.05, 3.63) is 88.6 Å². The van der Waals surface area contributed by atoms with Crippen LogP contribution in [0.5, 0.6) is 0 Å². The van der Waals surface area contributed by atoms with E-state index in [1.807, 2.05) is 78.2 Å². The van der Waals surface area contributed by atoms with Crippen LogP contribution in [0.25, 0.3) is 21.1 Å². The van der Waals surface area contributed by atoms with Crippen LogP contribution in [0.1, 0.15) is 17.4 Å². The number of esters is 1. The second-order valence-electron chi connectivity index (χ2n) is 7.15. The van der Waals surface area contributed by atoms with E-state index in [0.29, 0.717) is 6.54 Å². The lowest BCUT2D eigenvalue weighted by Gasteiger charge is -2.13. The highest BCUT2D eigenvalue weighted by Gasteiger charge is 2.22. The van der Waals surface area contributed by atoms with Crippen molar-refractivity contribution in [2.45, 2.75) is 26.0 Å². The molecule has 0 bridgehead atoms. The van der Waals surface area contributed by atoms with E-state index in [-0.39, 0.29) is 12.3 Å². The van der Waals surface area contributed by atoms with Gasteiger partial charge in [0.15, 0.2) is 6.10 Å². The molecule has 7 heteroatoms. The maximum atomic E-state index is 12.6. The highest BCUT2D eigenvalue weighted by Crippen LogP contribution is 2.36. The Kier molecular flexibility index (Phi) is 7.09. The number of aromatic nitrogens is 1. The van der Waals surface area contributed by atoms with Crippen LogP contribution in [-0.4, -0.2) is 23.0 Å². The van der Waals surface area contributed by atoms with E-state index in [1.54, 1.807) is 18.3 Å². The van der Waals surface area contributed by atoms with Crippen molar-refractivity contribution in [3.8, 4) is 21.1 Å². The summed E-state index contributed by atoms with van der Waals surface area (Å²) in [5.41, 5.74) is 2.78. The van der Waals surface area contributed by atoms with Gasteiger partial charge in [0.25, 0.3) is 5.91 Å². The van der Waals surface area contributed by atoms with Gasteiger partial charge in [0.2, 0.25) is 0 Å². The molecular formula is C25H22N2O3S2. The predicted octanol–water partition coefficient (Wildman–Crippen LogP) is 5.33. The molecule has 2 aromatic carbocycles. The Labute approximate surface area is 194 Å². The van der Waals surface area contributed by atoms with Crippen molar-refractivity contribution < 1.29 is 14.3 Å². The zero-order valence-corrected chi connectivity index (χ0v) is 19.1. The molecule has 1 unspecified atom stereocenters. The number of ether oxygens (including phenoxy) is 1. The molecule has 5 nitrogen and oxygen atoms in total. The maximum Gasteiger partial charge on any atom is 0.311 e. The van der Waals surface area contributed by atoms with Crippen LogP contribution >= 0.6 is 22.7 Å². The first-order valence-electron chi connectivity index (χ1n) is 10.2. The van der Waals surface area contributed by atoms with Gasteiger partial charge in [-0.1, -0.05) is 66.7 Å². The molecule has 32 heavy (non-hydrogen) atoms. The van der Waals surface area contributed by atoms with Gasteiger partial charge in [-0.15, -0.1) is 22.7 Å². The van der Waals surface area contributed by atoms with Crippen LogP contribution < -0.4 is 5.32 Å². The summed E-state index contributed by atoms with van der Waals surface area (Å²) in [7, 11) is 0. The fourth-order valence-electron chi connectivity index (χ4n) is 3.13. The minimum atomic E-state index is -0.877. The number of thiazole rings is 1. The van der Waals surface area contributed by atoms with Crippen molar-refractivity contribution in [2.75, 3.05) is 0 Å². The minimum Gasteiger partial charge on any atom is -0.452 e. The van der Waals surface area contributed by atoms with Crippen molar-refractivity contribution >= 4 is 34.6 Å². The number of nitrogens with one attached hydrogen (secondary N) is 1. The number of nitrogens with zero attached hydrogens (tertiary/aromatic N) is 1. The van der Waals surface area contributed by atoms with Gasteiger partial charge >= 0.3 is 5.97 Å². The Bertz CT molecular complexity index is 1170. The number of benzene rings is 2. The van der Waals surface area contributed by atoms with E-state index >= 15 is 0 Å². The van der Waals surface area contributed by atoms with E-state index in [4.69, 9.17) is 9.72 Å². The molecule has 2 heterocycles. The largest absolute Gasteiger partial charge is 0.452 e. The molecule has 0 radical (unpaired) electrons. The molecule has 0 aliphatic rings. The lowest BCUT2D eigenvalue weighted by molar-refractivity contribution is -0.154. The first kappa shape index (κ1) is 21.9. The number of carbonyl (C=O) groups excluding carboxylic acids is 2. The van der Waals surface area contributed by atoms with Gasteiger partial charge in [-0.05, 0) is 23.9 Å². The van der Waals surface area contributed by atoms with Gasteiger partial charge in [0, 0.05) is 17.0 Å². The number of hydrogen-bond acceptors (Lipinski definition) is 6. The first-order valence-corrected chi connectivity index (χ1v) is 11.9. The molecule has 0 aliphatic heterocycles. The highest BCUT2D eigenvalue weighted by atomic mass is 32.1. The highest BCUT2D eigenvalue weighted by molar-refractivity contribution is 7.17. The van der Waals surface area contributed by atoms with Gasteiger partial charge < -0.3 is 10.1 Å². The van der Waals surface area contributed by atoms with Crippen molar-refractivity contribution in [1.82, 2.24) is 10.3 Å². The number of thiophene rings is 1. The van der Waals surface area contributed by atoms with E-state index in [1.165, 1.54) is 11.3 Å². The minimum absolute atomic E-state index is 0.0635. The second-order valence-corrected chi connectivity index (χ2v) is 9.18. The summed E-state index contributed by atoms with van der Waals surface area (Å²) in [6.45, 7) is 1.97. The SMILES string of the molecule is CC(OC(=O)Cc1sc(-c2ccccc2)nc1-c1cccs1)C(=O)NCc1ccccc1. The summed E-state index contributed by atoms with van der Waals surface area (Å²) >= 11 is 3.05. The Balaban J connectivity index is 1.43. The third-order valence-corrected chi connectivity index (χ3v) is 6.75. The molecule has 0 saturated heterocycles. The number of carbonyl (C=O) groups is 2. The van der Waals surface area contributed by atoms with Crippen LogP contribution in [0.2, 0.25) is 0 Å². The normalized spacial score (nSPS) is 11.7. The van der Waals surface area contributed by atoms with E-state index in [2.05, 4.69) is 5.32 Å². The smallest absolute Gasteiger partial charge is 0.311 e. The lowest BCUT2D eigenvalue weighted by atomic mass is 10.2. The van der Waals surface area contributed by atoms with Crippen LogP contribution in [-0.2, 0) is 27.3 Å². The lowest BCUT2D eigenvalue weighted by Crippen LogP contribution is -2.35. The fourth-order valence-corrected chi connectivity index (χ4v) is 5.01. The quantitative estimate of drug-likeness (QED) is 0.360. The van der Waals surface area contributed by atoms with Crippen LogP contribution in [0.3, 0.4) is 0 Å². The monoisotopic (exact) mass is 462 g/mol. The first-order chi connectivity index (χ1) is 15.6. The Hall–Kier alpha value is -3.29. The summed E-state index contributed by atoms with van der Waals surface area (Å²) in [6, 6.07) is 23.4. The second kappa shape index (κ2) is 10.3. The average molecular weight is 463 g/mol.